The van der Waals surface area contributed by atoms with E-state index in [0.717, 1.165) is 56.1 Å². The zero-order valence-corrected chi connectivity index (χ0v) is 16.6. The van der Waals surface area contributed by atoms with Crippen LogP contribution in [0.3, 0.4) is 0 Å². The molecule has 0 radical (unpaired) electrons. The molecule has 5 rings (SSSR count). The van der Waals surface area contributed by atoms with E-state index in [1.807, 2.05) is 23.2 Å². The van der Waals surface area contributed by atoms with Crippen LogP contribution in [0.2, 0.25) is 0 Å². The molecule has 0 aliphatic carbocycles. The zero-order valence-electron chi connectivity index (χ0n) is 16.6. The van der Waals surface area contributed by atoms with Crippen molar-refractivity contribution in [2.45, 2.75) is 25.4 Å². The van der Waals surface area contributed by atoms with Gasteiger partial charge in [-0.15, -0.1) is 0 Å². The molecule has 3 aliphatic rings. The maximum atomic E-state index is 14.3. The van der Waals surface area contributed by atoms with Crippen LogP contribution in [-0.4, -0.2) is 54.6 Å². The Morgan fingerprint density at radius 3 is 2.80 bits per heavy atom. The summed E-state index contributed by atoms with van der Waals surface area (Å²) >= 11 is 0. The molecule has 7 nitrogen and oxygen atoms in total. The number of nitriles is 1. The van der Waals surface area contributed by atoms with Gasteiger partial charge in [0, 0.05) is 45.5 Å². The topological polar surface area (TPSA) is 75.5 Å². The van der Waals surface area contributed by atoms with Crippen LogP contribution in [-0.2, 0) is 11.3 Å². The fourth-order valence-electron chi connectivity index (χ4n) is 4.65. The van der Waals surface area contributed by atoms with Crippen molar-refractivity contribution in [3.63, 3.8) is 0 Å². The first-order chi connectivity index (χ1) is 14.6. The van der Waals surface area contributed by atoms with Gasteiger partial charge in [0.05, 0.1) is 23.0 Å². The smallest absolute Gasteiger partial charge is 0.247 e. The molecule has 2 fully saturated rings. The lowest BCUT2D eigenvalue weighted by Crippen LogP contribution is -2.46. The van der Waals surface area contributed by atoms with Gasteiger partial charge in [-0.2, -0.15) is 5.26 Å². The Morgan fingerprint density at radius 1 is 1.20 bits per heavy atom. The van der Waals surface area contributed by atoms with Crippen molar-refractivity contribution < 1.29 is 9.18 Å². The normalized spacial score (nSPS) is 21.1. The van der Waals surface area contributed by atoms with Crippen LogP contribution < -0.4 is 15.1 Å². The van der Waals surface area contributed by atoms with E-state index in [9.17, 15) is 9.18 Å². The number of anilines is 3. The highest BCUT2D eigenvalue weighted by atomic mass is 19.1. The monoisotopic (exact) mass is 406 g/mol. The standard InChI is InChI=1S/C22H23FN6O/c23-17-10-15(12-24)3-4-19(17)28-8-6-27(7-9-28)14-16-11-18-21(25-13-16)29-5-1-2-20(29)22(30)26-18/h3-4,10-11,13,20H,1-2,5-9,14H2,(H,26,30)/t20-/m0/s1. The number of amides is 1. The minimum atomic E-state index is -0.350. The number of nitrogens with zero attached hydrogens (tertiary/aromatic N) is 5. The molecule has 0 unspecified atom stereocenters. The van der Waals surface area contributed by atoms with Gasteiger partial charge in [0.2, 0.25) is 5.91 Å². The third-order valence-corrected chi connectivity index (χ3v) is 6.20. The number of carbonyl (C=O) groups excluding carboxylic acids is 1. The molecule has 8 heteroatoms. The second kappa shape index (κ2) is 7.58. The van der Waals surface area contributed by atoms with E-state index in [0.29, 0.717) is 24.3 Å². The molecule has 30 heavy (non-hydrogen) atoms. The Balaban J connectivity index is 1.24. The lowest BCUT2D eigenvalue weighted by atomic mass is 10.1. The Labute approximate surface area is 174 Å². The Hall–Kier alpha value is -3.18. The summed E-state index contributed by atoms with van der Waals surface area (Å²) in [5, 5.41) is 11.9. The average Bonchev–Trinajstić information content (AvgIpc) is 3.25. The van der Waals surface area contributed by atoms with E-state index in [1.165, 1.54) is 6.07 Å². The molecular weight excluding hydrogens is 383 g/mol. The second-order valence-corrected chi connectivity index (χ2v) is 8.10. The maximum absolute atomic E-state index is 14.3. The van der Waals surface area contributed by atoms with Crippen molar-refractivity contribution in [3.05, 3.63) is 47.4 Å². The number of piperazine rings is 1. The van der Waals surface area contributed by atoms with Crippen LogP contribution in [0.5, 0.6) is 0 Å². The van der Waals surface area contributed by atoms with Gasteiger partial charge >= 0.3 is 0 Å². The van der Waals surface area contributed by atoms with E-state index in [-0.39, 0.29) is 17.8 Å². The number of halogens is 1. The highest BCUT2D eigenvalue weighted by molar-refractivity contribution is 6.03. The molecular formula is C22H23FN6O. The molecule has 3 aliphatic heterocycles. The summed E-state index contributed by atoms with van der Waals surface area (Å²) in [6, 6.07) is 8.55. The first-order valence-electron chi connectivity index (χ1n) is 10.4. The number of hydrogen-bond donors (Lipinski definition) is 1. The van der Waals surface area contributed by atoms with Crippen LogP contribution in [0.1, 0.15) is 24.0 Å². The van der Waals surface area contributed by atoms with Gasteiger partial charge in [-0.3, -0.25) is 9.69 Å². The van der Waals surface area contributed by atoms with Gasteiger partial charge in [0.1, 0.15) is 11.9 Å². The molecule has 1 amide bonds. The molecule has 4 heterocycles. The number of pyridine rings is 1. The van der Waals surface area contributed by atoms with Gasteiger partial charge < -0.3 is 15.1 Å². The summed E-state index contributed by atoms with van der Waals surface area (Å²) in [4.78, 5) is 23.4. The summed E-state index contributed by atoms with van der Waals surface area (Å²) in [7, 11) is 0. The Bertz CT molecular complexity index is 1030. The Morgan fingerprint density at radius 2 is 2.03 bits per heavy atom. The largest absolute Gasteiger partial charge is 0.367 e. The van der Waals surface area contributed by atoms with Crippen LogP contribution in [0.4, 0.5) is 21.6 Å². The average molecular weight is 406 g/mol. The quantitative estimate of drug-likeness (QED) is 0.843. The van der Waals surface area contributed by atoms with E-state index in [2.05, 4.69) is 20.1 Å². The van der Waals surface area contributed by atoms with E-state index in [1.54, 1.807) is 12.1 Å². The molecule has 1 atom stereocenters. The summed E-state index contributed by atoms with van der Waals surface area (Å²) < 4.78 is 14.3. The number of carbonyl (C=O) groups is 1. The Kier molecular flexibility index (Phi) is 4.75. The second-order valence-electron chi connectivity index (χ2n) is 8.10. The van der Waals surface area contributed by atoms with Crippen molar-refractivity contribution in [2.24, 2.45) is 0 Å². The predicted octanol–water partition coefficient (Wildman–Crippen LogP) is 2.34. The first kappa shape index (κ1) is 18.8. The lowest BCUT2D eigenvalue weighted by molar-refractivity contribution is -0.117. The van der Waals surface area contributed by atoms with Gasteiger partial charge in [-0.1, -0.05) is 0 Å². The minimum Gasteiger partial charge on any atom is -0.367 e. The number of nitrogens with one attached hydrogen (secondary N) is 1. The molecule has 154 valence electrons. The van der Waals surface area contributed by atoms with Crippen molar-refractivity contribution in [3.8, 4) is 6.07 Å². The number of benzene rings is 1. The molecule has 2 saturated heterocycles. The van der Waals surface area contributed by atoms with Gasteiger partial charge in [-0.05, 0) is 42.7 Å². The number of rotatable bonds is 3. The van der Waals surface area contributed by atoms with Crippen molar-refractivity contribution in [1.82, 2.24) is 9.88 Å². The van der Waals surface area contributed by atoms with Crippen LogP contribution in [0, 0.1) is 17.1 Å². The van der Waals surface area contributed by atoms with Gasteiger partial charge in [-0.25, -0.2) is 9.37 Å². The van der Waals surface area contributed by atoms with E-state index >= 15 is 0 Å². The van der Waals surface area contributed by atoms with Crippen molar-refractivity contribution >= 4 is 23.1 Å². The fraction of sp³-hybridized carbons (Fsp3) is 0.409. The molecule has 0 bridgehead atoms. The van der Waals surface area contributed by atoms with Crippen LogP contribution in [0.25, 0.3) is 0 Å². The summed E-state index contributed by atoms with van der Waals surface area (Å²) in [6.07, 6.45) is 3.81. The number of hydrogen-bond acceptors (Lipinski definition) is 6. The highest BCUT2D eigenvalue weighted by Gasteiger charge is 2.37. The van der Waals surface area contributed by atoms with Crippen LogP contribution in [0.15, 0.2) is 30.5 Å². The third-order valence-electron chi connectivity index (χ3n) is 6.20. The highest BCUT2D eigenvalue weighted by Crippen LogP contribution is 2.35. The molecule has 2 aromatic rings. The summed E-state index contributed by atoms with van der Waals surface area (Å²) in [5.41, 5.74) is 2.74. The third kappa shape index (κ3) is 3.35. The zero-order chi connectivity index (χ0) is 20.7. The minimum absolute atomic E-state index is 0.0667. The van der Waals surface area contributed by atoms with Crippen molar-refractivity contribution in [1.29, 1.82) is 5.26 Å². The van der Waals surface area contributed by atoms with E-state index in [4.69, 9.17) is 5.26 Å². The SMILES string of the molecule is N#Cc1ccc(N2CCN(Cc3cnc4c(c3)NC(=O)[C@@H]3CCCN43)CC2)c(F)c1. The molecule has 0 saturated carbocycles. The van der Waals surface area contributed by atoms with Gasteiger partial charge in [0.15, 0.2) is 5.82 Å². The van der Waals surface area contributed by atoms with Crippen LogP contribution >= 0.6 is 0 Å². The summed E-state index contributed by atoms with van der Waals surface area (Å²) in [6.45, 7) is 4.66. The fourth-order valence-corrected chi connectivity index (χ4v) is 4.65. The molecule has 1 N–H and O–H groups in total. The first-order valence-corrected chi connectivity index (χ1v) is 10.4. The van der Waals surface area contributed by atoms with Gasteiger partial charge in [0.25, 0.3) is 0 Å². The van der Waals surface area contributed by atoms with Crippen molar-refractivity contribution in [2.75, 3.05) is 47.8 Å². The number of aromatic nitrogens is 1. The summed E-state index contributed by atoms with van der Waals surface area (Å²) in [5.74, 6) is 0.594. The predicted molar refractivity (Wildman–Crippen MR) is 112 cm³/mol. The molecule has 0 spiro atoms. The lowest BCUT2D eigenvalue weighted by Gasteiger charge is -2.36. The molecule has 1 aromatic heterocycles. The number of fused-ring (bicyclic) bond motifs is 3. The maximum Gasteiger partial charge on any atom is 0.247 e. The van der Waals surface area contributed by atoms with E-state index < -0.39 is 0 Å². The molecule has 1 aromatic carbocycles.